The van der Waals surface area contributed by atoms with Crippen LogP contribution in [0.1, 0.15) is 100 Å². The predicted octanol–water partition coefficient (Wildman–Crippen LogP) is 15.3. The number of carboxylic acids is 2. The number of carbonyl (C=O) groups excluding carboxylic acids is 1. The largest absolute Gasteiger partial charge is 0.492 e. The van der Waals surface area contributed by atoms with Crippen molar-refractivity contribution in [2.45, 2.75) is 85.0 Å². The minimum Gasteiger partial charge on any atom is -0.492 e. The molecule has 0 saturated heterocycles. The summed E-state index contributed by atoms with van der Waals surface area (Å²) in [5.74, 6) is 3.01. The molecule has 0 amide bonds. The van der Waals surface area contributed by atoms with Gasteiger partial charge in [0, 0.05) is 43.6 Å². The Kier molecular flexibility index (Phi) is 28.1. The van der Waals surface area contributed by atoms with Gasteiger partial charge in [0.2, 0.25) is 0 Å². The summed E-state index contributed by atoms with van der Waals surface area (Å²) in [6, 6.07) is 59.1. The fraction of sp³-hybridized carbons (Fsp3) is 0.354. The first-order chi connectivity index (χ1) is 44.3. The zero-order chi connectivity index (χ0) is 67.7. The van der Waals surface area contributed by atoms with Crippen molar-refractivity contribution in [3.8, 4) is 67.9 Å². The van der Waals surface area contributed by atoms with Crippen molar-refractivity contribution in [3.05, 3.63) is 215 Å². The molecule has 0 radical (unpaired) electrons. The summed E-state index contributed by atoms with van der Waals surface area (Å²) in [4.78, 5) is 38.8. The predicted molar refractivity (Wildman–Crippen MR) is 376 cm³/mol. The second-order valence-electron chi connectivity index (χ2n) is 26.1. The molecule has 93 heavy (non-hydrogen) atoms. The number of aliphatic carboxylic acids is 2. The normalized spacial score (nSPS) is 11.3. The number of nitrogens with zero attached hydrogens (tertiary/aromatic N) is 3. The summed E-state index contributed by atoms with van der Waals surface area (Å²) < 4.78 is 34.7. The number of aldehydes is 1. The number of hydrogen-bond donors (Lipinski definition) is 2. The maximum absolute atomic E-state index is 11.1. The van der Waals surface area contributed by atoms with E-state index in [1.807, 2.05) is 109 Å². The third kappa shape index (κ3) is 24.2. The minimum atomic E-state index is -0.995. The molecule has 0 aliphatic rings. The van der Waals surface area contributed by atoms with Crippen molar-refractivity contribution < 1.29 is 53.0 Å². The van der Waals surface area contributed by atoms with Gasteiger partial charge in [-0.1, -0.05) is 159 Å². The second kappa shape index (κ2) is 35.8. The third-order valence-corrected chi connectivity index (χ3v) is 15.1. The summed E-state index contributed by atoms with van der Waals surface area (Å²) in [5.41, 5.74) is 14.3. The van der Waals surface area contributed by atoms with Crippen molar-refractivity contribution in [3.63, 3.8) is 0 Å². The maximum Gasteiger partial charge on any atom is 0.341 e. The van der Waals surface area contributed by atoms with Crippen LogP contribution >= 0.6 is 0 Å². The van der Waals surface area contributed by atoms with E-state index in [2.05, 4.69) is 167 Å². The Morgan fingerprint density at radius 2 is 0.774 bits per heavy atom. The number of rotatable bonds is 29. The van der Waals surface area contributed by atoms with Crippen LogP contribution in [0.4, 0.5) is 0 Å². The average Bonchev–Trinajstić information content (AvgIpc) is 0.839. The first-order valence-electron chi connectivity index (χ1n) is 31.7. The number of benzene rings is 8. The fourth-order valence-electron chi connectivity index (χ4n) is 10.0. The molecule has 14 heteroatoms. The highest BCUT2D eigenvalue weighted by molar-refractivity contribution is 5.72. The lowest BCUT2D eigenvalue weighted by atomic mass is 9.82. The van der Waals surface area contributed by atoms with Gasteiger partial charge in [-0.15, -0.1) is 0 Å². The molecule has 0 heterocycles. The lowest BCUT2D eigenvalue weighted by Gasteiger charge is -2.25. The second-order valence-corrected chi connectivity index (χ2v) is 26.1. The van der Waals surface area contributed by atoms with Gasteiger partial charge in [0.25, 0.3) is 0 Å². The Balaban J connectivity index is 0.000000225. The number of carboxylic acid groups (broad SMARTS) is 2. The number of carbonyl (C=O) groups is 3. The van der Waals surface area contributed by atoms with Gasteiger partial charge in [0.15, 0.2) is 19.5 Å². The van der Waals surface area contributed by atoms with Gasteiger partial charge < -0.3 is 53.3 Å². The molecule has 0 bridgehead atoms. The molecule has 14 nitrogen and oxygen atoms in total. The molecule has 0 unspecified atom stereocenters. The van der Waals surface area contributed by atoms with Crippen molar-refractivity contribution in [1.29, 1.82) is 0 Å². The average molecular weight is 1260 g/mol. The molecule has 2 N–H and O–H groups in total. The number of likely N-dealkylation sites (N-methyl/N-ethyl adjacent to an activating group) is 3. The van der Waals surface area contributed by atoms with Gasteiger partial charge in [-0.2, -0.15) is 0 Å². The molecular weight excluding hydrogens is 1170 g/mol. The molecule has 8 aromatic rings. The molecule has 8 rings (SSSR count). The molecule has 0 aliphatic carbocycles. The van der Waals surface area contributed by atoms with Gasteiger partial charge in [-0.25, -0.2) is 9.59 Å². The van der Waals surface area contributed by atoms with Crippen LogP contribution in [0, 0.1) is 0 Å². The van der Waals surface area contributed by atoms with Crippen LogP contribution in [0.25, 0.3) is 33.4 Å². The van der Waals surface area contributed by atoms with E-state index in [-0.39, 0.29) is 30.7 Å². The van der Waals surface area contributed by atoms with Gasteiger partial charge in [-0.3, -0.25) is 4.79 Å². The molecule has 0 fully saturated rings. The lowest BCUT2D eigenvalue weighted by molar-refractivity contribution is -0.140. The number of hydrogen-bond acceptors (Lipinski definition) is 12. The molecule has 0 aromatic heterocycles. The molecule has 8 aromatic carbocycles. The number of ether oxygens (including phenoxy) is 6. The lowest BCUT2D eigenvalue weighted by Crippen LogP contribution is -2.21. The zero-order valence-corrected chi connectivity index (χ0v) is 57.1. The zero-order valence-electron chi connectivity index (χ0n) is 57.1. The topological polar surface area (TPSA) is 157 Å². The van der Waals surface area contributed by atoms with E-state index >= 15 is 0 Å². The molecule has 0 saturated carbocycles. The van der Waals surface area contributed by atoms with Crippen molar-refractivity contribution in [2.24, 2.45) is 0 Å². The smallest absolute Gasteiger partial charge is 0.341 e. The minimum absolute atomic E-state index is 0.0384. The summed E-state index contributed by atoms with van der Waals surface area (Å²) >= 11 is 0. The highest BCUT2D eigenvalue weighted by Gasteiger charge is 2.24. The Morgan fingerprint density at radius 1 is 0.419 bits per heavy atom. The van der Waals surface area contributed by atoms with E-state index < -0.39 is 11.9 Å². The molecule has 494 valence electrons. The van der Waals surface area contributed by atoms with E-state index in [0.717, 1.165) is 111 Å². The Hall–Kier alpha value is -8.95. The van der Waals surface area contributed by atoms with E-state index in [1.54, 1.807) is 12.1 Å². The standard InChI is InChI=1S/C32H33NO4.C26H37NO3.C21H27NO4/c1-33(2)17-18-36-30-15-13-26(21-28(30)19-24-9-5-3-6-10-24)27-14-16-31(37-23-32(34)35)29(22-27)20-25-11-7-4-8-12-25;1-25(2,3)21-17-19(9-11-23(21)29-15-13-27(7)8)20-10-12-24(30-16-14-28)22(18-20)26(4,5)6;1-15(2)19-13-17(7-10-20(19)25-12-11-22(3)4)16-5-8-18(9-6-16)26-14-21(23)24/h3-16,21-22H,17-20,23H2,1-2H3,(H,34,35);9-12,14,17-18H,13,15-16H2,1-8H3;5-10,13,15H,11-12,14H2,1-4H3,(H,23,24). The van der Waals surface area contributed by atoms with Gasteiger partial charge in [-0.05, 0) is 193 Å². The molecular formula is C79H97N3O11. The highest BCUT2D eigenvalue weighted by Crippen LogP contribution is 2.40. The van der Waals surface area contributed by atoms with E-state index in [4.69, 9.17) is 38.6 Å². The van der Waals surface area contributed by atoms with E-state index in [0.29, 0.717) is 43.7 Å². The third-order valence-electron chi connectivity index (χ3n) is 15.1. The Morgan fingerprint density at radius 3 is 1.18 bits per heavy atom. The van der Waals surface area contributed by atoms with E-state index in [1.165, 1.54) is 16.7 Å². The van der Waals surface area contributed by atoms with Crippen molar-refractivity contribution >= 4 is 18.2 Å². The fourth-order valence-corrected chi connectivity index (χ4v) is 10.0. The van der Waals surface area contributed by atoms with Gasteiger partial charge in [0.05, 0.1) is 0 Å². The van der Waals surface area contributed by atoms with Crippen molar-refractivity contribution in [2.75, 3.05) is 102 Å². The van der Waals surface area contributed by atoms with Crippen LogP contribution in [0.2, 0.25) is 0 Å². The highest BCUT2D eigenvalue weighted by atomic mass is 16.5. The van der Waals surface area contributed by atoms with Crippen LogP contribution in [0.3, 0.4) is 0 Å². The maximum atomic E-state index is 11.1. The Labute approximate surface area is 552 Å². The first kappa shape index (κ1) is 73.1. The van der Waals surface area contributed by atoms with Crippen LogP contribution in [-0.4, -0.2) is 145 Å². The van der Waals surface area contributed by atoms with E-state index in [9.17, 15) is 14.4 Å². The molecule has 0 aliphatic heterocycles. The summed E-state index contributed by atoms with van der Waals surface area (Å²) in [6.07, 6.45) is 2.19. The van der Waals surface area contributed by atoms with Crippen LogP contribution in [0.15, 0.2) is 176 Å². The molecule has 0 atom stereocenters. The van der Waals surface area contributed by atoms with Crippen molar-refractivity contribution in [1.82, 2.24) is 14.7 Å². The van der Waals surface area contributed by atoms with Crippen LogP contribution < -0.4 is 28.4 Å². The monoisotopic (exact) mass is 1260 g/mol. The quantitative estimate of drug-likeness (QED) is 0.0427. The summed E-state index contributed by atoms with van der Waals surface area (Å²) in [7, 11) is 12.2. The van der Waals surface area contributed by atoms with Crippen LogP contribution in [0.5, 0.6) is 34.5 Å². The SMILES string of the molecule is CC(C)c1cc(-c2ccc(OCC(=O)O)cc2)ccc1OCCN(C)C.CN(C)CCOc1ccc(-c2ccc(OCC(=O)O)c(Cc3ccccc3)c2)cc1Cc1ccccc1.CN(C)CCOc1ccc(-c2ccc(OCC=O)c(C(C)(C)C)c2)cc1C(C)(C)C. The van der Waals surface area contributed by atoms with Gasteiger partial charge in [0.1, 0.15) is 60.9 Å². The van der Waals surface area contributed by atoms with Crippen LogP contribution in [-0.2, 0) is 38.1 Å². The van der Waals surface area contributed by atoms with Gasteiger partial charge >= 0.3 is 11.9 Å². The Bertz CT molecular complexity index is 3630. The molecule has 0 spiro atoms. The first-order valence-corrected chi connectivity index (χ1v) is 31.7. The summed E-state index contributed by atoms with van der Waals surface area (Å²) in [5, 5.41) is 17.8. The summed E-state index contributed by atoms with van der Waals surface area (Å²) in [6.45, 7) is 21.3.